The van der Waals surface area contributed by atoms with Gasteiger partial charge in [0.15, 0.2) is 0 Å². The molecule has 0 radical (unpaired) electrons. The topological polar surface area (TPSA) is 56.3 Å². The molecule has 22 heavy (non-hydrogen) atoms. The SMILES string of the molecule is CCCON(C(=O)N(O)N1CCCCC1)c1cccc(Cl)c1. The largest absolute Gasteiger partial charge is 0.388 e. The van der Waals surface area contributed by atoms with Gasteiger partial charge < -0.3 is 0 Å². The highest BCUT2D eigenvalue weighted by molar-refractivity contribution is 6.30. The van der Waals surface area contributed by atoms with E-state index in [0.717, 1.165) is 30.7 Å². The first-order valence-corrected chi connectivity index (χ1v) is 7.97. The minimum atomic E-state index is -0.641. The van der Waals surface area contributed by atoms with Crippen LogP contribution in [0.2, 0.25) is 5.02 Å². The summed E-state index contributed by atoms with van der Waals surface area (Å²) in [5.74, 6) is 0. The van der Waals surface area contributed by atoms with E-state index in [9.17, 15) is 10.0 Å². The summed E-state index contributed by atoms with van der Waals surface area (Å²) in [5, 5.41) is 14.1. The van der Waals surface area contributed by atoms with Gasteiger partial charge in [-0.1, -0.05) is 31.0 Å². The highest BCUT2D eigenvalue weighted by atomic mass is 35.5. The number of carbonyl (C=O) groups is 1. The molecule has 6 nitrogen and oxygen atoms in total. The number of urea groups is 1. The summed E-state index contributed by atoms with van der Waals surface area (Å²) in [4.78, 5) is 18.1. The Morgan fingerprint density at radius 2 is 2.09 bits per heavy atom. The van der Waals surface area contributed by atoms with Gasteiger partial charge in [0.05, 0.1) is 12.3 Å². The van der Waals surface area contributed by atoms with Crippen molar-refractivity contribution in [3.05, 3.63) is 29.3 Å². The molecule has 1 aliphatic heterocycles. The van der Waals surface area contributed by atoms with Gasteiger partial charge in [-0.05, 0) is 37.5 Å². The van der Waals surface area contributed by atoms with Gasteiger partial charge in [0.25, 0.3) is 0 Å². The van der Waals surface area contributed by atoms with Gasteiger partial charge in [0.1, 0.15) is 0 Å². The number of carbonyl (C=O) groups excluding carboxylic acids is 1. The molecule has 1 aromatic carbocycles. The standard InChI is InChI=1S/C15H22ClN3O3/c1-2-11-22-18(14-8-6-7-13(16)12-14)15(20)19(21)17-9-4-3-5-10-17/h6-8,12,21H,2-5,9-11H2,1H3. The molecular weight excluding hydrogens is 306 g/mol. The number of nitrogens with zero attached hydrogens (tertiary/aromatic N) is 3. The van der Waals surface area contributed by atoms with E-state index in [1.165, 1.54) is 0 Å². The number of amides is 2. The number of hydroxylamine groups is 2. The van der Waals surface area contributed by atoms with Gasteiger partial charge in [0.2, 0.25) is 0 Å². The number of anilines is 1. The smallest absolute Gasteiger partial charge is 0.269 e. The van der Waals surface area contributed by atoms with Crippen LogP contribution in [0, 0.1) is 0 Å². The van der Waals surface area contributed by atoms with Crippen LogP contribution >= 0.6 is 11.6 Å². The Balaban J connectivity index is 2.14. The molecule has 7 heteroatoms. The van der Waals surface area contributed by atoms with Crippen molar-refractivity contribution in [3.8, 4) is 0 Å². The summed E-state index contributed by atoms with van der Waals surface area (Å²) in [7, 11) is 0. The number of piperidine rings is 1. The zero-order chi connectivity index (χ0) is 15.9. The van der Waals surface area contributed by atoms with Crippen LogP contribution in [0.25, 0.3) is 0 Å². The van der Waals surface area contributed by atoms with Crippen LogP contribution in [0.4, 0.5) is 10.5 Å². The maximum Gasteiger partial charge on any atom is 0.388 e. The molecule has 0 saturated carbocycles. The minimum absolute atomic E-state index is 0.367. The lowest BCUT2D eigenvalue weighted by Gasteiger charge is -2.34. The van der Waals surface area contributed by atoms with Gasteiger partial charge in [-0.25, -0.2) is 4.79 Å². The van der Waals surface area contributed by atoms with Crippen molar-refractivity contribution in [2.75, 3.05) is 24.8 Å². The molecule has 2 amide bonds. The molecule has 122 valence electrons. The normalized spacial score (nSPS) is 15.6. The zero-order valence-electron chi connectivity index (χ0n) is 12.7. The van der Waals surface area contributed by atoms with Crippen LogP contribution in [0.15, 0.2) is 24.3 Å². The van der Waals surface area contributed by atoms with Crippen LogP contribution in [0.1, 0.15) is 32.6 Å². The van der Waals surface area contributed by atoms with Gasteiger partial charge in [-0.3, -0.25) is 10.0 Å². The Bertz CT molecular complexity index is 495. The number of hydrazine groups is 1. The number of hydrogen-bond donors (Lipinski definition) is 1. The first kappa shape index (κ1) is 17.0. The lowest BCUT2D eigenvalue weighted by molar-refractivity contribution is -0.207. The predicted molar refractivity (Wildman–Crippen MR) is 84.6 cm³/mol. The predicted octanol–water partition coefficient (Wildman–Crippen LogP) is 3.70. The molecule has 0 aliphatic carbocycles. The van der Waals surface area contributed by atoms with E-state index in [0.29, 0.717) is 35.6 Å². The van der Waals surface area contributed by atoms with Crippen molar-refractivity contribution in [3.63, 3.8) is 0 Å². The number of halogens is 1. The first-order valence-electron chi connectivity index (χ1n) is 7.60. The molecule has 0 aromatic heterocycles. The Kier molecular flexibility index (Phi) is 6.45. The lowest BCUT2D eigenvalue weighted by Crippen LogP contribution is -2.52. The summed E-state index contributed by atoms with van der Waals surface area (Å²) in [6, 6.07) is 6.14. The van der Waals surface area contributed by atoms with Crippen molar-refractivity contribution >= 4 is 23.3 Å². The Morgan fingerprint density at radius 3 is 2.73 bits per heavy atom. The molecule has 1 N–H and O–H groups in total. The Labute approximate surface area is 135 Å². The fourth-order valence-corrected chi connectivity index (χ4v) is 2.48. The van der Waals surface area contributed by atoms with Crippen molar-refractivity contribution in [1.82, 2.24) is 10.2 Å². The van der Waals surface area contributed by atoms with E-state index in [1.54, 1.807) is 29.3 Å². The second kappa shape index (κ2) is 8.33. The fraction of sp³-hybridized carbons (Fsp3) is 0.533. The monoisotopic (exact) mass is 327 g/mol. The third kappa shape index (κ3) is 4.33. The quantitative estimate of drug-likeness (QED) is 0.661. The minimum Gasteiger partial charge on any atom is -0.269 e. The van der Waals surface area contributed by atoms with E-state index in [-0.39, 0.29) is 0 Å². The zero-order valence-corrected chi connectivity index (χ0v) is 13.5. The highest BCUT2D eigenvalue weighted by Gasteiger charge is 2.28. The molecule has 2 rings (SSSR count). The molecule has 1 heterocycles. The van der Waals surface area contributed by atoms with Crippen LogP contribution in [-0.4, -0.2) is 41.1 Å². The molecule has 1 aromatic rings. The van der Waals surface area contributed by atoms with Crippen molar-refractivity contribution in [2.45, 2.75) is 32.6 Å². The van der Waals surface area contributed by atoms with Gasteiger partial charge in [-0.2, -0.15) is 10.1 Å². The average molecular weight is 328 g/mol. The van der Waals surface area contributed by atoms with E-state index in [4.69, 9.17) is 16.4 Å². The second-order valence-corrected chi connectivity index (χ2v) is 5.63. The first-order chi connectivity index (χ1) is 10.6. The third-order valence-corrected chi connectivity index (χ3v) is 3.65. The third-order valence-electron chi connectivity index (χ3n) is 3.41. The number of benzene rings is 1. The molecule has 0 unspecified atom stereocenters. The molecule has 0 atom stereocenters. The molecule has 1 saturated heterocycles. The van der Waals surface area contributed by atoms with Crippen LogP contribution < -0.4 is 5.06 Å². The molecular formula is C15H22ClN3O3. The number of rotatable bonds is 5. The maximum absolute atomic E-state index is 12.6. The van der Waals surface area contributed by atoms with Crippen LogP contribution in [0.3, 0.4) is 0 Å². The van der Waals surface area contributed by atoms with Crippen molar-refractivity contribution in [1.29, 1.82) is 0 Å². The van der Waals surface area contributed by atoms with Crippen molar-refractivity contribution in [2.24, 2.45) is 0 Å². The summed E-state index contributed by atoms with van der Waals surface area (Å²) < 4.78 is 0. The molecule has 0 spiro atoms. The summed E-state index contributed by atoms with van der Waals surface area (Å²) in [5.41, 5.74) is 0.488. The molecule has 1 aliphatic rings. The average Bonchev–Trinajstić information content (AvgIpc) is 2.55. The molecule has 1 fully saturated rings. The van der Waals surface area contributed by atoms with Crippen LogP contribution in [-0.2, 0) is 4.84 Å². The van der Waals surface area contributed by atoms with Crippen LogP contribution in [0.5, 0.6) is 0 Å². The van der Waals surface area contributed by atoms with E-state index < -0.39 is 6.03 Å². The van der Waals surface area contributed by atoms with E-state index >= 15 is 0 Å². The van der Waals surface area contributed by atoms with E-state index in [2.05, 4.69) is 0 Å². The summed E-state index contributed by atoms with van der Waals surface area (Å²) in [6.07, 6.45) is 3.77. The maximum atomic E-state index is 12.6. The fourth-order valence-electron chi connectivity index (χ4n) is 2.29. The summed E-state index contributed by atoms with van der Waals surface area (Å²) in [6.45, 7) is 3.62. The van der Waals surface area contributed by atoms with Crippen molar-refractivity contribution < 1.29 is 14.8 Å². The van der Waals surface area contributed by atoms with E-state index in [1.807, 2.05) is 6.92 Å². The lowest BCUT2D eigenvalue weighted by atomic mass is 10.2. The summed E-state index contributed by atoms with van der Waals surface area (Å²) >= 11 is 5.98. The Morgan fingerprint density at radius 1 is 1.36 bits per heavy atom. The molecule has 0 bridgehead atoms. The number of hydrogen-bond acceptors (Lipinski definition) is 4. The van der Waals surface area contributed by atoms with Gasteiger partial charge in [-0.15, -0.1) is 5.17 Å². The van der Waals surface area contributed by atoms with Gasteiger partial charge >= 0.3 is 6.03 Å². The highest BCUT2D eigenvalue weighted by Crippen LogP contribution is 2.22. The Hall–Kier alpha value is -1.34. The van der Waals surface area contributed by atoms with Gasteiger partial charge in [0, 0.05) is 18.1 Å². The second-order valence-electron chi connectivity index (χ2n) is 5.19.